The molecule has 0 radical (unpaired) electrons. The van der Waals surface area contributed by atoms with Crippen LogP contribution in [0.15, 0.2) is 157 Å². The van der Waals surface area contributed by atoms with Crippen LogP contribution in [0.3, 0.4) is 0 Å². The summed E-state index contributed by atoms with van der Waals surface area (Å²) in [6.45, 7) is 4.49. The summed E-state index contributed by atoms with van der Waals surface area (Å²) in [4.78, 5) is 4.83. The fraction of sp³-hybridized carbons (Fsp3) is 0.174. The molecule has 5 aromatic carbocycles. The Morgan fingerprint density at radius 1 is 0.708 bits per heavy atom. The number of aryl methyl sites for hydroxylation is 2. The number of allylic oxidation sites excluding steroid dienone is 9. The van der Waals surface area contributed by atoms with Crippen LogP contribution in [0.4, 0.5) is 22.7 Å². The monoisotopic (exact) mass is 620 g/mol. The Morgan fingerprint density at radius 2 is 1.50 bits per heavy atom. The Kier molecular flexibility index (Phi) is 8.05. The molecule has 0 spiro atoms. The van der Waals surface area contributed by atoms with Gasteiger partial charge in [-0.25, -0.2) is 0 Å². The van der Waals surface area contributed by atoms with Gasteiger partial charge in [-0.15, -0.1) is 0 Å². The lowest BCUT2D eigenvalue weighted by Gasteiger charge is -2.33. The molecule has 3 aliphatic carbocycles. The summed E-state index contributed by atoms with van der Waals surface area (Å²) in [6, 6.07) is 41.9. The van der Waals surface area contributed by atoms with E-state index in [0.717, 1.165) is 37.1 Å². The molecule has 0 saturated carbocycles. The molecule has 1 unspecified atom stereocenters. The van der Waals surface area contributed by atoms with Crippen molar-refractivity contribution in [1.82, 2.24) is 0 Å². The molecule has 8 rings (SSSR count). The number of nitrogens with zero attached hydrogens (tertiary/aromatic N) is 2. The fourth-order valence-electron chi connectivity index (χ4n) is 7.68. The van der Waals surface area contributed by atoms with Crippen LogP contribution in [0.25, 0.3) is 21.9 Å². The van der Waals surface area contributed by atoms with Gasteiger partial charge in [-0.05, 0) is 146 Å². The van der Waals surface area contributed by atoms with Gasteiger partial charge in [-0.2, -0.15) is 0 Å². The number of anilines is 4. The minimum atomic E-state index is 0.570. The molecule has 2 heteroatoms. The topological polar surface area (TPSA) is 6.48 Å². The Labute approximate surface area is 285 Å². The summed E-state index contributed by atoms with van der Waals surface area (Å²) in [5.74, 6) is 0.570. The van der Waals surface area contributed by atoms with E-state index >= 15 is 0 Å². The smallest absolute Gasteiger partial charge is 0.0973 e. The third-order valence-corrected chi connectivity index (χ3v) is 10.0. The highest BCUT2D eigenvalue weighted by Gasteiger charge is 2.26. The van der Waals surface area contributed by atoms with E-state index in [1.165, 1.54) is 67.8 Å². The number of hydrogen-bond acceptors (Lipinski definition) is 2. The Hall–Kier alpha value is -5.52. The molecule has 0 saturated heterocycles. The molecule has 5 aromatic rings. The van der Waals surface area contributed by atoms with E-state index in [1.807, 2.05) is 6.07 Å². The summed E-state index contributed by atoms with van der Waals surface area (Å²) < 4.78 is 0. The molecular weight excluding hydrogens is 581 g/mol. The van der Waals surface area contributed by atoms with Crippen LogP contribution >= 0.6 is 0 Å². The van der Waals surface area contributed by atoms with Crippen LogP contribution in [0.1, 0.15) is 43.2 Å². The first-order chi connectivity index (χ1) is 23.7. The predicted octanol–water partition coefficient (Wildman–Crippen LogP) is 12.4. The minimum Gasteiger partial charge on any atom is -0.314 e. The summed E-state index contributed by atoms with van der Waals surface area (Å²) in [5, 5.41) is 2.52. The maximum absolute atomic E-state index is 3.40. The molecule has 3 aliphatic rings. The molecule has 0 fully saturated rings. The van der Waals surface area contributed by atoms with Crippen LogP contribution < -0.4 is 9.80 Å². The van der Waals surface area contributed by atoms with Gasteiger partial charge in [-0.3, -0.25) is 0 Å². The molecule has 0 N–H and O–H groups in total. The average molecular weight is 621 g/mol. The van der Waals surface area contributed by atoms with E-state index in [-0.39, 0.29) is 0 Å². The van der Waals surface area contributed by atoms with Crippen LogP contribution in [0.2, 0.25) is 0 Å². The van der Waals surface area contributed by atoms with Crippen LogP contribution in [-0.4, -0.2) is 0 Å². The van der Waals surface area contributed by atoms with Crippen molar-refractivity contribution in [3.8, 4) is 11.1 Å². The van der Waals surface area contributed by atoms with Crippen molar-refractivity contribution in [3.05, 3.63) is 180 Å². The van der Waals surface area contributed by atoms with Crippen molar-refractivity contribution in [2.45, 2.75) is 46.0 Å². The standard InChI is InChI=1S/C46H40N2/c1-33-31-39(47(37-19-5-3-6-20-37)45-25-13-17-35-15-9-11-23-43(35)45)27-29-41(33)42-30-28-40(32-34(42)2)48(38-21-7-4-8-22-38)46-26-14-18-36-16-10-12-24-44(36)46/h3-5,7,9,11-15,17,19,21,23-32,36H,6,10,16,18,20H2,1-2H3. The van der Waals surface area contributed by atoms with Crippen molar-refractivity contribution in [2.24, 2.45) is 5.92 Å². The van der Waals surface area contributed by atoms with E-state index in [4.69, 9.17) is 0 Å². The number of rotatable bonds is 7. The summed E-state index contributed by atoms with van der Waals surface area (Å²) >= 11 is 0. The highest BCUT2D eigenvalue weighted by molar-refractivity contribution is 5.97. The van der Waals surface area contributed by atoms with E-state index < -0.39 is 0 Å². The second-order valence-electron chi connectivity index (χ2n) is 13.1. The quantitative estimate of drug-likeness (QED) is 0.179. The lowest BCUT2D eigenvalue weighted by molar-refractivity contribution is 0.559. The largest absolute Gasteiger partial charge is 0.314 e. The maximum atomic E-state index is 3.40. The predicted molar refractivity (Wildman–Crippen MR) is 203 cm³/mol. The molecule has 0 amide bonds. The third-order valence-electron chi connectivity index (χ3n) is 10.0. The third kappa shape index (κ3) is 5.56. The average Bonchev–Trinajstić information content (AvgIpc) is 3.13. The molecule has 2 nitrogen and oxygen atoms in total. The zero-order chi connectivity index (χ0) is 32.5. The van der Waals surface area contributed by atoms with E-state index in [9.17, 15) is 0 Å². The summed E-state index contributed by atoms with van der Waals surface area (Å²) in [7, 11) is 0. The number of benzene rings is 4. The zero-order valence-corrected chi connectivity index (χ0v) is 27.8. The van der Waals surface area contributed by atoms with Crippen LogP contribution in [0, 0.1) is 31.9 Å². The van der Waals surface area contributed by atoms with Crippen molar-refractivity contribution in [2.75, 3.05) is 9.80 Å². The normalized spacial score (nSPS) is 16.8. The highest BCUT2D eigenvalue weighted by Crippen LogP contribution is 2.42. The molecule has 0 bridgehead atoms. The number of fused-ring (bicyclic) bond motifs is 2. The molecule has 1 atom stereocenters. The molecular formula is C46H40N2. The molecule has 0 aliphatic heterocycles. The molecule has 234 valence electrons. The summed E-state index contributed by atoms with van der Waals surface area (Å²) in [5.41, 5.74) is 13.6. The van der Waals surface area contributed by atoms with Gasteiger partial charge in [0, 0.05) is 28.2 Å². The van der Waals surface area contributed by atoms with Gasteiger partial charge in [0.1, 0.15) is 0 Å². The van der Waals surface area contributed by atoms with Gasteiger partial charge < -0.3 is 9.80 Å². The fourth-order valence-corrected chi connectivity index (χ4v) is 7.68. The lowest BCUT2D eigenvalue weighted by atomic mass is 9.82. The van der Waals surface area contributed by atoms with Crippen molar-refractivity contribution >= 4 is 33.5 Å². The van der Waals surface area contributed by atoms with E-state index in [0.29, 0.717) is 5.92 Å². The van der Waals surface area contributed by atoms with Crippen LogP contribution in [0.5, 0.6) is 0 Å². The molecule has 0 heterocycles. The maximum Gasteiger partial charge on any atom is 0.0973 e. The van der Waals surface area contributed by atoms with Crippen molar-refractivity contribution < 1.29 is 0 Å². The second kappa shape index (κ2) is 12.9. The van der Waals surface area contributed by atoms with Crippen molar-refractivity contribution in [3.63, 3.8) is 0 Å². The van der Waals surface area contributed by atoms with Crippen molar-refractivity contribution in [1.29, 1.82) is 0 Å². The SMILES string of the molecule is Cc1cc(N(C2=C3C=CCCC3CC=C2)c2c#cccc2)ccc1-c1ccc(N(C2=CC=CCC2)c2cccc3ccccc23)cc1C. The van der Waals surface area contributed by atoms with Gasteiger partial charge in [0.05, 0.1) is 11.4 Å². The van der Waals surface area contributed by atoms with Gasteiger partial charge in [0.15, 0.2) is 0 Å². The highest BCUT2D eigenvalue weighted by atomic mass is 15.2. The molecule has 0 aromatic heterocycles. The second-order valence-corrected chi connectivity index (χ2v) is 13.1. The van der Waals surface area contributed by atoms with Gasteiger partial charge in [0.2, 0.25) is 0 Å². The Bertz CT molecular complexity index is 2140. The first kappa shape index (κ1) is 29.9. The van der Waals surface area contributed by atoms with Gasteiger partial charge in [-0.1, -0.05) is 91.0 Å². The van der Waals surface area contributed by atoms with Gasteiger partial charge >= 0.3 is 0 Å². The van der Waals surface area contributed by atoms with E-state index in [1.54, 1.807) is 0 Å². The zero-order valence-electron chi connectivity index (χ0n) is 27.8. The number of hydrogen-bond donors (Lipinski definition) is 0. The lowest BCUT2D eigenvalue weighted by Crippen LogP contribution is -2.22. The first-order valence-corrected chi connectivity index (χ1v) is 17.3. The summed E-state index contributed by atoms with van der Waals surface area (Å²) in [6.07, 6.45) is 21.6. The minimum absolute atomic E-state index is 0.570. The molecule has 48 heavy (non-hydrogen) atoms. The van der Waals surface area contributed by atoms with Crippen LogP contribution in [-0.2, 0) is 0 Å². The van der Waals surface area contributed by atoms with E-state index in [2.05, 4.69) is 169 Å². The van der Waals surface area contributed by atoms with Gasteiger partial charge in [0.25, 0.3) is 0 Å². The first-order valence-electron chi connectivity index (χ1n) is 17.3. The Balaban J connectivity index is 1.19. The Morgan fingerprint density at radius 3 is 2.25 bits per heavy atom.